The topological polar surface area (TPSA) is 50.1 Å². The minimum atomic E-state index is -0.197. The third-order valence-electron chi connectivity index (χ3n) is 2.98. The molecule has 0 bridgehead atoms. The number of benzene rings is 2. The van der Waals surface area contributed by atoms with E-state index >= 15 is 0 Å². The van der Waals surface area contributed by atoms with Crippen LogP contribution in [0.25, 0.3) is 0 Å². The second kappa shape index (κ2) is 5.36. The minimum Gasteiger partial charge on any atom is -0.496 e. The zero-order chi connectivity index (χ0) is 13.8. The van der Waals surface area contributed by atoms with Crippen molar-refractivity contribution >= 4 is 5.78 Å². The summed E-state index contributed by atoms with van der Waals surface area (Å²) in [6, 6.07) is 14.4. The number of nitrogens with zero attached hydrogens (tertiary/aromatic N) is 1. The van der Waals surface area contributed by atoms with Crippen molar-refractivity contribution in [1.29, 1.82) is 5.26 Å². The van der Waals surface area contributed by atoms with Gasteiger partial charge >= 0.3 is 0 Å². The molecule has 0 saturated carbocycles. The number of nitriles is 1. The Bertz CT molecular complexity index is 669. The molecule has 0 aliphatic carbocycles. The SMILES string of the molecule is COc1ccccc1C(=O)c1cccc(C)c1C#N. The predicted molar refractivity (Wildman–Crippen MR) is 72.3 cm³/mol. The summed E-state index contributed by atoms with van der Waals surface area (Å²) in [5, 5.41) is 9.19. The molecule has 0 spiro atoms. The first-order valence-electron chi connectivity index (χ1n) is 5.86. The van der Waals surface area contributed by atoms with Crippen LogP contribution in [0.1, 0.15) is 27.0 Å². The Kier molecular flexibility index (Phi) is 3.63. The molecule has 0 saturated heterocycles. The summed E-state index contributed by atoms with van der Waals surface area (Å²) in [6.07, 6.45) is 0. The van der Waals surface area contributed by atoms with Gasteiger partial charge in [-0.2, -0.15) is 5.26 Å². The molecule has 0 heterocycles. The van der Waals surface area contributed by atoms with Gasteiger partial charge in [-0.15, -0.1) is 0 Å². The second-order valence-corrected chi connectivity index (χ2v) is 4.14. The van der Waals surface area contributed by atoms with E-state index in [1.165, 1.54) is 7.11 Å². The number of para-hydroxylation sites is 1. The molecule has 0 atom stereocenters. The lowest BCUT2D eigenvalue weighted by molar-refractivity contribution is 0.103. The van der Waals surface area contributed by atoms with Crippen LogP contribution in [0.4, 0.5) is 0 Å². The molecule has 0 aliphatic rings. The van der Waals surface area contributed by atoms with Crippen molar-refractivity contribution < 1.29 is 9.53 Å². The summed E-state index contributed by atoms with van der Waals surface area (Å²) in [4.78, 5) is 12.5. The highest BCUT2D eigenvalue weighted by molar-refractivity contribution is 6.12. The number of ether oxygens (including phenoxy) is 1. The van der Waals surface area contributed by atoms with Crippen LogP contribution in [0.3, 0.4) is 0 Å². The Balaban J connectivity index is 2.57. The highest BCUT2D eigenvalue weighted by atomic mass is 16.5. The van der Waals surface area contributed by atoms with E-state index in [0.29, 0.717) is 22.4 Å². The van der Waals surface area contributed by atoms with Crippen LogP contribution in [-0.4, -0.2) is 12.9 Å². The molecule has 2 rings (SSSR count). The van der Waals surface area contributed by atoms with Crippen LogP contribution in [0.2, 0.25) is 0 Å². The first kappa shape index (κ1) is 12.8. The molecule has 0 aromatic heterocycles. The van der Waals surface area contributed by atoms with E-state index in [9.17, 15) is 10.1 Å². The van der Waals surface area contributed by atoms with Crippen LogP contribution in [-0.2, 0) is 0 Å². The van der Waals surface area contributed by atoms with Crippen LogP contribution >= 0.6 is 0 Å². The van der Waals surface area contributed by atoms with Crippen molar-refractivity contribution in [3.05, 3.63) is 64.7 Å². The summed E-state index contributed by atoms with van der Waals surface area (Å²) < 4.78 is 5.19. The smallest absolute Gasteiger partial charge is 0.198 e. The first-order chi connectivity index (χ1) is 9.19. The maximum atomic E-state index is 12.5. The number of aryl methyl sites for hydroxylation is 1. The van der Waals surface area contributed by atoms with Gasteiger partial charge < -0.3 is 4.74 Å². The van der Waals surface area contributed by atoms with Gasteiger partial charge in [-0.3, -0.25) is 4.79 Å². The van der Waals surface area contributed by atoms with Gasteiger partial charge in [-0.1, -0.05) is 24.3 Å². The molecule has 2 aromatic rings. The Morgan fingerprint density at radius 2 is 1.79 bits per heavy atom. The number of ketones is 1. The fourth-order valence-corrected chi connectivity index (χ4v) is 1.98. The van der Waals surface area contributed by atoms with E-state index in [2.05, 4.69) is 6.07 Å². The number of hydrogen-bond acceptors (Lipinski definition) is 3. The Morgan fingerprint density at radius 3 is 2.47 bits per heavy atom. The monoisotopic (exact) mass is 251 g/mol. The van der Waals surface area contributed by atoms with E-state index in [1.807, 2.05) is 13.0 Å². The molecule has 0 fully saturated rings. The molecule has 0 amide bonds. The molecule has 19 heavy (non-hydrogen) atoms. The number of hydrogen-bond donors (Lipinski definition) is 0. The third-order valence-corrected chi connectivity index (χ3v) is 2.98. The Labute approximate surface area is 112 Å². The normalized spacial score (nSPS) is 9.74. The van der Waals surface area contributed by atoms with Crippen LogP contribution in [0.5, 0.6) is 5.75 Å². The molecule has 3 heteroatoms. The highest BCUT2D eigenvalue weighted by Crippen LogP contribution is 2.23. The average molecular weight is 251 g/mol. The predicted octanol–water partition coefficient (Wildman–Crippen LogP) is 3.11. The van der Waals surface area contributed by atoms with E-state index in [4.69, 9.17) is 4.74 Å². The number of rotatable bonds is 3. The molecule has 3 nitrogen and oxygen atoms in total. The third kappa shape index (κ3) is 2.34. The van der Waals surface area contributed by atoms with Crippen molar-refractivity contribution in [2.45, 2.75) is 6.92 Å². The Morgan fingerprint density at radius 1 is 1.11 bits per heavy atom. The number of carbonyl (C=O) groups is 1. The van der Waals surface area contributed by atoms with Crippen molar-refractivity contribution in [1.82, 2.24) is 0 Å². The van der Waals surface area contributed by atoms with Crippen molar-refractivity contribution in [2.24, 2.45) is 0 Å². The van der Waals surface area contributed by atoms with Gasteiger partial charge in [0.1, 0.15) is 11.8 Å². The molecular formula is C16H13NO2. The lowest BCUT2D eigenvalue weighted by Gasteiger charge is -2.09. The lowest BCUT2D eigenvalue weighted by atomic mass is 9.95. The van der Waals surface area contributed by atoms with Gasteiger partial charge in [0.25, 0.3) is 0 Å². The van der Waals surface area contributed by atoms with E-state index in [0.717, 1.165) is 5.56 Å². The van der Waals surface area contributed by atoms with Crippen molar-refractivity contribution in [3.63, 3.8) is 0 Å². The summed E-state index contributed by atoms with van der Waals surface area (Å²) in [5.41, 5.74) is 2.08. The molecule has 2 aromatic carbocycles. The van der Waals surface area contributed by atoms with Crippen molar-refractivity contribution in [3.8, 4) is 11.8 Å². The number of methoxy groups -OCH3 is 1. The summed E-state index contributed by atoms with van der Waals surface area (Å²) in [5.74, 6) is 0.315. The first-order valence-corrected chi connectivity index (χ1v) is 5.86. The summed E-state index contributed by atoms with van der Waals surface area (Å²) in [7, 11) is 1.52. The van der Waals surface area contributed by atoms with E-state index < -0.39 is 0 Å². The van der Waals surface area contributed by atoms with Crippen molar-refractivity contribution in [2.75, 3.05) is 7.11 Å². The molecular weight excluding hydrogens is 238 g/mol. The van der Waals surface area contributed by atoms with E-state index in [-0.39, 0.29) is 5.78 Å². The zero-order valence-corrected chi connectivity index (χ0v) is 10.8. The summed E-state index contributed by atoms with van der Waals surface area (Å²) >= 11 is 0. The quantitative estimate of drug-likeness (QED) is 0.787. The van der Waals surface area contributed by atoms with Gasteiger partial charge in [-0.05, 0) is 30.7 Å². The molecule has 0 aliphatic heterocycles. The van der Waals surface area contributed by atoms with Gasteiger partial charge in [0.2, 0.25) is 0 Å². The summed E-state index contributed by atoms with van der Waals surface area (Å²) in [6.45, 7) is 1.82. The van der Waals surface area contributed by atoms with Crippen LogP contribution in [0.15, 0.2) is 42.5 Å². The molecule has 0 radical (unpaired) electrons. The maximum Gasteiger partial charge on any atom is 0.198 e. The van der Waals surface area contributed by atoms with Crippen LogP contribution in [0, 0.1) is 18.3 Å². The highest BCUT2D eigenvalue weighted by Gasteiger charge is 2.18. The maximum absolute atomic E-state index is 12.5. The van der Waals surface area contributed by atoms with Gasteiger partial charge in [0.15, 0.2) is 5.78 Å². The minimum absolute atomic E-state index is 0.197. The Hall–Kier alpha value is -2.60. The van der Waals surface area contributed by atoms with Gasteiger partial charge in [-0.25, -0.2) is 0 Å². The fraction of sp³-hybridized carbons (Fsp3) is 0.125. The molecule has 0 N–H and O–H groups in total. The fourth-order valence-electron chi connectivity index (χ4n) is 1.98. The van der Waals surface area contributed by atoms with Crippen LogP contribution < -0.4 is 4.74 Å². The lowest BCUT2D eigenvalue weighted by Crippen LogP contribution is -2.07. The molecule has 94 valence electrons. The van der Waals surface area contributed by atoms with Gasteiger partial charge in [0, 0.05) is 5.56 Å². The standard InChI is InChI=1S/C16H13NO2/c1-11-6-5-8-12(14(11)10-17)16(18)13-7-3-4-9-15(13)19-2/h3-9H,1-2H3. The average Bonchev–Trinajstić information content (AvgIpc) is 2.46. The zero-order valence-electron chi connectivity index (χ0n) is 10.8. The van der Waals surface area contributed by atoms with Gasteiger partial charge in [0.05, 0.1) is 18.2 Å². The number of carbonyl (C=O) groups excluding carboxylic acids is 1. The largest absolute Gasteiger partial charge is 0.496 e. The molecule has 0 unspecified atom stereocenters. The second-order valence-electron chi connectivity index (χ2n) is 4.14. The van der Waals surface area contributed by atoms with E-state index in [1.54, 1.807) is 36.4 Å².